The van der Waals surface area contributed by atoms with E-state index < -0.39 is 52.4 Å². The zero-order valence-corrected chi connectivity index (χ0v) is 30.1. The van der Waals surface area contributed by atoms with Crippen molar-refractivity contribution in [2.45, 2.75) is 142 Å². The molecule has 0 aromatic heterocycles. The molecular formula is C32H59NO6Si2. The van der Waals surface area contributed by atoms with Gasteiger partial charge in [0.05, 0.1) is 18.1 Å². The molecular weight excluding hydrogens is 551 g/mol. The lowest BCUT2D eigenvalue weighted by molar-refractivity contribution is -0.142. The Balaban J connectivity index is 3.36. The first-order valence-corrected chi connectivity index (χ1v) is 20.8. The molecule has 0 saturated carbocycles. The van der Waals surface area contributed by atoms with Crippen LogP contribution >= 0.6 is 0 Å². The summed E-state index contributed by atoms with van der Waals surface area (Å²) in [6, 6.07) is 9.25. The molecule has 0 heterocycles. The van der Waals surface area contributed by atoms with Crippen molar-refractivity contribution in [3.05, 3.63) is 35.9 Å². The maximum absolute atomic E-state index is 13.1. The van der Waals surface area contributed by atoms with Crippen molar-refractivity contribution in [2.75, 3.05) is 6.61 Å². The van der Waals surface area contributed by atoms with Crippen molar-refractivity contribution < 1.29 is 28.3 Å². The summed E-state index contributed by atoms with van der Waals surface area (Å²) < 4.78 is 19.0. The first-order chi connectivity index (χ1) is 18.5. The summed E-state index contributed by atoms with van der Waals surface area (Å²) in [6.07, 6.45) is 0.945. The van der Waals surface area contributed by atoms with Gasteiger partial charge in [0.15, 0.2) is 16.6 Å². The van der Waals surface area contributed by atoms with Crippen LogP contribution in [0.4, 0.5) is 4.79 Å². The van der Waals surface area contributed by atoms with Crippen LogP contribution in [0, 0.1) is 5.92 Å². The fourth-order valence-corrected chi connectivity index (χ4v) is 6.42. The van der Waals surface area contributed by atoms with Gasteiger partial charge in [-0.05, 0) is 88.3 Å². The van der Waals surface area contributed by atoms with Crippen LogP contribution in [0.5, 0.6) is 0 Å². The molecule has 1 rings (SSSR count). The Bertz CT molecular complexity index is 961. The van der Waals surface area contributed by atoms with Crippen molar-refractivity contribution in [1.82, 2.24) is 5.32 Å². The van der Waals surface area contributed by atoms with Crippen molar-refractivity contribution in [3.8, 4) is 0 Å². The van der Waals surface area contributed by atoms with E-state index in [0.717, 1.165) is 5.56 Å². The number of carbonyl (C=O) groups excluding carboxylic acids is 1. The van der Waals surface area contributed by atoms with Gasteiger partial charge in [0, 0.05) is 6.61 Å². The highest BCUT2D eigenvalue weighted by molar-refractivity contribution is 6.74. The van der Waals surface area contributed by atoms with E-state index >= 15 is 0 Å². The van der Waals surface area contributed by atoms with Crippen LogP contribution in [0.2, 0.25) is 36.3 Å². The van der Waals surface area contributed by atoms with Crippen LogP contribution in [-0.2, 0) is 24.8 Å². The van der Waals surface area contributed by atoms with Crippen molar-refractivity contribution >= 4 is 28.7 Å². The molecule has 0 saturated heterocycles. The predicted molar refractivity (Wildman–Crippen MR) is 173 cm³/mol. The summed E-state index contributed by atoms with van der Waals surface area (Å²) in [5, 5.41) is 13.4. The number of hydrogen-bond acceptors (Lipinski definition) is 5. The van der Waals surface area contributed by atoms with Crippen LogP contribution in [0.1, 0.15) is 87.1 Å². The fourth-order valence-electron chi connectivity index (χ4n) is 3.96. The minimum absolute atomic E-state index is 0.0920. The van der Waals surface area contributed by atoms with Gasteiger partial charge < -0.3 is 24.0 Å². The summed E-state index contributed by atoms with van der Waals surface area (Å²) in [5.41, 5.74) is 0.303. The van der Waals surface area contributed by atoms with Gasteiger partial charge in [-0.3, -0.25) is 4.79 Å². The number of rotatable bonds is 14. The Morgan fingerprint density at radius 1 is 0.878 bits per heavy atom. The largest absolute Gasteiger partial charge is 0.481 e. The summed E-state index contributed by atoms with van der Waals surface area (Å²) in [7, 11) is -4.26. The number of carboxylic acids is 1. The Hall–Kier alpha value is -1.69. The SMILES string of the molecule is CC(C)(C)OC(=O)N[C@@H](CCCO[Si](C)(C)C(C)(C)C)[C@@H](C[C@@H](Cc1ccccc1)C(=O)O)O[Si](C)(C)C(C)(C)C. The van der Waals surface area contributed by atoms with Crippen LogP contribution in [0.25, 0.3) is 0 Å². The third kappa shape index (κ3) is 13.0. The zero-order chi connectivity index (χ0) is 31.9. The molecule has 2 N–H and O–H groups in total. The van der Waals surface area contributed by atoms with E-state index in [4.69, 9.17) is 13.6 Å². The molecule has 0 aliphatic rings. The molecule has 41 heavy (non-hydrogen) atoms. The van der Waals surface area contributed by atoms with E-state index in [1.165, 1.54) is 0 Å². The van der Waals surface area contributed by atoms with Gasteiger partial charge in [-0.25, -0.2) is 4.79 Å². The van der Waals surface area contributed by atoms with Crippen LogP contribution in [0.3, 0.4) is 0 Å². The topological polar surface area (TPSA) is 94.1 Å². The maximum atomic E-state index is 13.1. The number of aliphatic carboxylic acids is 1. The summed E-state index contributed by atoms with van der Waals surface area (Å²) in [4.78, 5) is 25.6. The Morgan fingerprint density at radius 3 is 1.88 bits per heavy atom. The number of alkyl carbamates (subject to hydrolysis) is 1. The highest BCUT2D eigenvalue weighted by atomic mass is 28.4. The number of nitrogens with one attached hydrogen (secondary N) is 1. The van der Waals surface area contributed by atoms with Crippen molar-refractivity contribution in [3.63, 3.8) is 0 Å². The van der Waals surface area contributed by atoms with Gasteiger partial charge in [-0.15, -0.1) is 0 Å². The van der Waals surface area contributed by atoms with Gasteiger partial charge in [0.1, 0.15) is 5.60 Å². The van der Waals surface area contributed by atoms with E-state index in [1.54, 1.807) is 0 Å². The molecule has 3 atom stereocenters. The van der Waals surface area contributed by atoms with Gasteiger partial charge >= 0.3 is 12.1 Å². The summed E-state index contributed by atoms with van der Waals surface area (Å²) in [6.45, 7) is 28.0. The number of amides is 1. The highest BCUT2D eigenvalue weighted by Crippen LogP contribution is 2.39. The molecule has 236 valence electrons. The van der Waals surface area contributed by atoms with E-state index in [2.05, 4.69) is 73.0 Å². The van der Waals surface area contributed by atoms with Gasteiger partial charge in [0.2, 0.25) is 0 Å². The van der Waals surface area contributed by atoms with Gasteiger partial charge in [0.25, 0.3) is 0 Å². The zero-order valence-electron chi connectivity index (χ0n) is 28.1. The van der Waals surface area contributed by atoms with Crippen LogP contribution in [0.15, 0.2) is 30.3 Å². The molecule has 0 aliphatic carbocycles. The standard InChI is InChI=1S/C32H59NO6Si2/c1-30(2,3)38-29(36)33-26(20-17-21-37-40(10,11)31(4,5)6)27(39-41(12,13)32(7,8)9)23-25(28(34)35)22-24-18-15-14-16-19-24/h14-16,18-19,25-27H,17,20-23H2,1-13H3,(H,33,36)(H,34,35)/t25-,26+,27-/m1/s1. The Kier molecular flexibility index (Phi) is 13.4. The lowest BCUT2D eigenvalue weighted by Gasteiger charge is -2.42. The Morgan fingerprint density at radius 2 is 1.41 bits per heavy atom. The van der Waals surface area contributed by atoms with E-state index in [1.807, 2.05) is 51.1 Å². The minimum Gasteiger partial charge on any atom is -0.481 e. The third-order valence-corrected chi connectivity index (χ3v) is 17.6. The molecule has 0 fully saturated rings. The number of carboxylic acid groups (broad SMARTS) is 1. The van der Waals surface area contributed by atoms with Gasteiger partial charge in [-0.1, -0.05) is 71.9 Å². The first-order valence-electron chi connectivity index (χ1n) is 15.0. The molecule has 0 aliphatic heterocycles. The number of hydrogen-bond donors (Lipinski definition) is 2. The molecule has 1 amide bonds. The predicted octanol–water partition coefficient (Wildman–Crippen LogP) is 8.41. The maximum Gasteiger partial charge on any atom is 0.407 e. The minimum atomic E-state index is -2.33. The molecule has 1 aromatic rings. The number of carbonyl (C=O) groups is 2. The second kappa shape index (κ2) is 14.7. The molecule has 0 unspecified atom stereocenters. The molecule has 0 radical (unpaired) electrons. The van der Waals surface area contributed by atoms with Crippen LogP contribution in [-0.4, -0.2) is 58.2 Å². The average molecular weight is 610 g/mol. The lowest BCUT2D eigenvalue weighted by atomic mass is 9.90. The third-order valence-electron chi connectivity index (χ3n) is 8.52. The summed E-state index contributed by atoms with van der Waals surface area (Å²) in [5.74, 6) is -1.53. The van der Waals surface area contributed by atoms with Gasteiger partial charge in [-0.2, -0.15) is 0 Å². The lowest BCUT2D eigenvalue weighted by Crippen LogP contribution is -2.53. The van der Waals surface area contributed by atoms with E-state index in [9.17, 15) is 14.7 Å². The molecule has 9 heteroatoms. The molecule has 0 bridgehead atoms. The normalized spacial score (nSPS) is 15.6. The smallest absolute Gasteiger partial charge is 0.407 e. The molecule has 0 spiro atoms. The number of ether oxygens (including phenoxy) is 1. The highest BCUT2D eigenvalue weighted by Gasteiger charge is 2.43. The van der Waals surface area contributed by atoms with Crippen molar-refractivity contribution in [2.24, 2.45) is 5.92 Å². The molecule has 1 aromatic carbocycles. The monoisotopic (exact) mass is 609 g/mol. The number of benzene rings is 1. The Labute approximate surface area is 252 Å². The first kappa shape index (κ1) is 37.3. The van der Waals surface area contributed by atoms with E-state index in [0.29, 0.717) is 25.9 Å². The second-order valence-electron chi connectivity index (χ2n) is 15.4. The average Bonchev–Trinajstić information content (AvgIpc) is 2.77. The van der Waals surface area contributed by atoms with Crippen LogP contribution < -0.4 is 5.32 Å². The quantitative estimate of drug-likeness (QED) is 0.162. The second-order valence-corrected chi connectivity index (χ2v) is 24.9. The van der Waals surface area contributed by atoms with Crippen molar-refractivity contribution in [1.29, 1.82) is 0 Å². The molecule has 7 nitrogen and oxygen atoms in total. The summed E-state index contributed by atoms with van der Waals surface area (Å²) >= 11 is 0. The van der Waals surface area contributed by atoms with E-state index in [-0.39, 0.29) is 16.5 Å². The fraction of sp³-hybridized carbons (Fsp3) is 0.750.